The van der Waals surface area contributed by atoms with E-state index >= 15 is 0 Å². The topological polar surface area (TPSA) is 138 Å². The standard InChI is InChI=1S/C27H34FN7O5/c1-18-24(35(20-6-4-3-5-7-20)33-25(18)39-13-12-38-17-29)32-26(36)31-21-15-27(21)16-34(10-11-37-2)40-23(27)19-8-9-30-22(28)14-19/h3-9,14,21,23H,10-13,15-17,29H2,1-2H3,(H2,31,32,36)/t21-,23?,27+/m0/s1. The number of nitrogens with one attached hydrogen (secondary N) is 2. The molecule has 3 heterocycles. The SMILES string of the molecule is COCCN1C[C@@]2(C[C@@H]2NC(=O)Nc2c(C)c(OCCOCN)nn2-c2ccccc2)C(c2ccnc(F)c2)O1. The lowest BCUT2D eigenvalue weighted by Crippen LogP contribution is -2.36. The average molecular weight is 556 g/mol. The molecule has 1 aliphatic carbocycles. The number of hydroxylamine groups is 2. The van der Waals surface area contributed by atoms with E-state index in [-0.39, 0.29) is 19.4 Å². The lowest BCUT2D eigenvalue weighted by molar-refractivity contribution is -0.155. The molecule has 13 heteroatoms. The maximum Gasteiger partial charge on any atom is 0.320 e. The lowest BCUT2D eigenvalue weighted by Gasteiger charge is -2.18. The molecular formula is C27H34FN7O5. The molecule has 4 N–H and O–H groups in total. The first-order valence-corrected chi connectivity index (χ1v) is 13.1. The van der Waals surface area contributed by atoms with Gasteiger partial charge in [0.25, 0.3) is 0 Å². The Kier molecular flexibility index (Phi) is 8.57. The highest BCUT2D eigenvalue weighted by molar-refractivity contribution is 5.90. The smallest absolute Gasteiger partial charge is 0.320 e. The molecule has 1 aromatic carbocycles. The summed E-state index contributed by atoms with van der Waals surface area (Å²) in [5.74, 6) is 0.275. The molecule has 1 unspecified atom stereocenters. The van der Waals surface area contributed by atoms with Crippen LogP contribution in [0.1, 0.15) is 23.7 Å². The molecule has 1 aliphatic heterocycles. The Labute approximate surface area is 231 Å². The first kappa shape index (κ1) is 27.9. The maximum absolute atomic E-state index is 14.0. The fourth-order valence-electron chi connectivity index (χ4n) is 5.08. The summed E-state index contributed by atoms with van der Waals surface area (Å²) in [6.45, 7) is 4.10. The number of nitrogens with zero attached hydrogens (tertiary/aromatic N) is 4. The van der Waals surface area contributed by atoms with Crippen molar-refractivity contribution in [3.63, 3.8) is 0 Å². The van der Waals surface area contributed by atoms with Crippen LogP contribution >= 0.6 is 0 Å². The summed E-state index contributed by atoms with van der Waals surface area (Å²) in [6.07, 6.45) is 1.66. The van der Waals surface area contributed by atoms with Crippen LogP contribution in [0.4, 0.5) is 15.0 Å². The molecule has 12 nitrogen and oxygen atoms in total. The van der Waals surface area contributed by atoms with Crippen LogP contribution in [-0.4, -0.2) is 78.7 Å². The molecule has 2 fully saturated rings. The summed E-state index contributed by atoms with van der Waals surface area (Å²) < 4.78 is 31.7. The number of rotatable bonds is 12. The van der Waals surface area contributed by atoms with Crippen molar-refractivity contribution in [3.8, 4) is 11.6 Å². The van der Waals surface area contributed by atoms with Gasteiger partial charge >= 0.3 is 6.03 Å². The van der Waals surface area contributed by atoms with Crippen molar-refractivity contribution < 1.29 is 28.2 Å². The van der Waals surface area contributed by atoms with Crippen molar-refractivity contribution >= 4 is 11.8 Å². The molecule has 40 heavy (non-hydrogen) atoms. The number of methoxy groups -OCH3 is 1. The zero-order valence-electron chi connectivity index (χ0n) is 22.5. The highest BCUT2D eigenvalue weighted by Gasteiger charge is 2.65. The third-order valence-corrected chi connectivity index (χ3v) is 7.16. The number of aromatic nitrogens is 3. The number of nitrogens with two attached hydrogens (primary N) is 1. The summed E-state index contributed by atoms with van der Waals surface area (Å²) in [4.78, 5) is 23.2. The van der Waals surface area contributed by atoms with E-state index < -0.39 is 23.5 Å². The molecule has 5 rings (SSSR count). The van der Waals surface area contributed by atoms with Gasteiger partial charge in [-0.25, -0.2) is 14.5 Å². The van der Waals surface area contributed by atoms with Crippen LogP contribution in [0.3, 0.4) is 0 Å². The summed E-state index contributed by atoms with van der Waals surface area (Å²) in [6, 6.07) is 12.0. The minimum absolute atomic E-state index is 0.0998. The summed E-state index contributed by atoms with van der Waals surface area (Å²) >= 11 is 0. The van der Waals surface area contributed by atoms with Gasteiger partial charge in [-0.1, -0.05) is 18.2 Å². The fourth-order valence-corrected chi connectivity index (χ4v) is 5.08. The zero-order valence-corrected chi connectivity index (χ0v) is 22.5. The first-order valence-electron chi connectivity index (χ1n) is 13.1. The zero-order chi connectivity index (χ0) is 28.1. The van der Waals surface area contributed by atoms with Gasteiger partial charge in [-0.05, 0) is 43.2 Å². The minimum atomic E-state index is -0.577. The second kappa shape index (κ2) is 12.3. The van der Waals surface area contributed by atoms with E-state index in [4.69, 9.17) is 24.8 Å². The van der Waals surface area contributed by atoms with Gasteiger partial charge in [-0.2, -0.15) is 9.45 Å². The van der Waals surface area contributed by atoms with Crippen molar-refractivity contribution in [1.82, 2.24) is 25.1 Å². The number of benzene rings is 1. The van der Waals surface area contributed by atoms with Gasteiger partial charge in [-0.3, -0.25) is 10.2 Å². The van der Waals surface area contributed by atoms with Gasteiger partial charge < -0.3 is 25.3 Å². The summed E-state index contributed by atoms with van der Waals surface area (Å²) in [7, 11) is 1.62. The van der Waals surface area contributed by atoms with Gasteiger partial charge in [0.1, 0.15) is 18.5 Å². The number of para-hydroxylation sites is 1. The minimum Gasteiger partial charge on any atom is -0.474 e. The number of halogens is 1. The number of pyridine rings is 1. The van der Waals surface area contributed by atoms with E-state index in [0.29, 0.717) is 55.5 Å². The maximum atomic E-state index is 14.0. The van der Waals surface area contributed by atoms with Gasteiger partial charge in [0.2, 0.25) is 11.8 Å². The number of carbonyl (C=O) groups excluding carboxylic acids is 1. The third kappa shape index (κ3) is 5.93. The average Bonchev–Trinajstić information content (AvgIpc) is 3.34. The molecule has 214 valence electrons. The second-order valence-corrected chi connectivity index (χ2v) is 9.79. The molecule has 1 saturated carbocycles. The third-order valence-electron chi connectivity index (χ3n) is 7.16. The number of hydrogen-bond acceptors (Lipinski definition) is 9. The van der Waals surface area contributed by atoms with Crippen molar-refractivity contribution in [1.29, 1.82) is 0 Å². The van der Waals surface area contributed by atoms with E-state index in [2.05, 4.69) is 20.7 Å². The highest BCUT2D eigenvalue weighted by Crippen LogP contribution is 2.60. The monoisotopic (exact) mass is 555 g/mol. The highest BCUT2D eigenvalue weighted by atomic mass is 19.1. The molecule has 0 radical (unpaired) electrons. The van der Waals surface area contributed by atoms with Crippen LogP contribution in [0.25, 0.3) is 5.69 Å². The molecule has 2 aromatic heterocycles. The predicted octanol–water partition coefficient (Wildman–Crippen LogP) is 2.54. The first-order chi connectivity index (χ1) is 19.4. The van der Waals surface area contributed by atoms with Gasteiger partial charge in [0, 0.05) is 37.9 Å². The normalized spacial score (nSPS) is 22.0. The Morgan fingerprint density at radius 2 is 2.08 bits per heavy atom. The van der Waals surface area contributed by atoms with Gasteiger partial charge in [0.15, 0.2) is 0 Å². The Balaban J connectivity index is 1.32. The molecule has 1 spiro atoms. The largest absolute Gasteiger partial charge is 0.474 e. The summed E-state index contributed by atoms with van der Waals surface area (Å²) in [5.41, 5.74) is 7.06. The molecule has 2 amide bonds. The Hall–Kier alpha value is -3.62. The molecular weight excluding hydrogens is 521 g/mol. The number of ether oxygens (including phenoxy) is 3. The van der Waals surface area contributed by atoms with Crippen molar-refractivity contribution in [3.05, 3.63) is 65.7 Å². The van der Waals surface area contributed by atoms with Crippen LogP contribution in [0.2, 0.25) is 0 Å². The van der Waals surface area contributed by atoms with Crippen LogP contribution < -0.4 is 21.1 Å². The fraction of sp³-hybridized carbons (Fsp3) is 0.444. The number of amides is 2. The Morgan fingerprint density at radius 1 is 1.25 bits per heavy atom. The molecule has 0 bridgehead atoms. The van der Waals surface area contributed by atoms with E-state index in [0.717, 1.165) is 5.69 Å². The summed E-state index contributed by atoms with van der Waals surface area (Å²) in [5, 5.41) is 12.4. The quantitative estimate of drug-likeness (QED) is 0.175. The molecule has 3 atom stereocenters. The Bertz CT molecular complexity index is 1310. The number of hydrogen-bond donors (Lipinski definition) is 3. The molecule has 1 saturated heterocycles. The number of anilines is 1. The second-order valence-electron chi connectivity index (χ2n) is 9.79. The van der Waals surface area contributed by atoms with Crippen LogP contribution in [0.15, 0.2) is 48.7 Å². The molecule has 3 aromatic rings. The van der Waals surface area contributed by atoms with Crippen LogP contribution in [0.5, 0.6) is 5.88 Å². The number of carbonyl (C=O) groups is 1. The Morgan fingerprint density at radius 3 is 2.83 bits per heavy atom. The van der Waals surface area contributed by atoms with E-state index in [1.54, 1.807) is 17.9 Å². The van der Waals surface area contributed by atoms with Crippen LogP contribution in [0, 0.1) is 18.3 Å². The van der Waals surface area contributed by atoms with Crippen molar-refractivity contribution in [2.75, 3.05) is 52.1 Å². The van der Waals surface area contributed by atoms with Gasteiger partial charge in [-0.15, -0.1) is 5.10 Å². The predicted molar refractivity (Wildman–Crippen MR) is 143 cm³/mol. The number of urea groups is 1. The lowest BCUT2D eigenvalue weighted by atomic mass is 9.93. The van der Waals surface area contributed by atoms with E-state index in [9.17, 15) is 9.18 Å². The van der Waals surface area contributed by atoms with E-state index in [1.165, 1.54) is 12.3 Å². The van der Waals surface area contributed by atoms with Crippen molar-refractivity contribution in [2.24, 2.45) is 11.1 Å². The van der Waals surface area contributed by atoms with Crippen molar-refractivity contribution in [2.45, 2.75) is 25.5 Å². The van der Waals surface area contributed by atoms with Gasteiger partial charge in [0.05, 0.1) is 31.2 Å². The van der Waals surface area contributed by atoms with Crippen LogP contribution in [-0.2, 0) is 14.3 Å². The molecule has 2 aliphatic rings. The van der Waals surface area contributed by atoms with E-state index in [1.807, 2.05) is 42.3 Å².